The number of halogens is 1. The van der Waals surface area contributed by atoms with E-state index in [-0.39, 0.29) is 29.5 Å². The van der Waals surface area contributed by atoms with Crippen LogP contribution in [0.15, 0.2) is 33.6 Å². The van der Waals surface area contributed by atoms with Crippen molar-refractivity contribution in [3.63, 3.8) is 0 Å². The number of nitrogens with zero attached hydrogens (tertiary/aromatic N) is 1. The molecule has 25 heavy (non-hydrogen) atoms. The molecule has 1 atom stereocenters. The van der Waals surface area contributed by atoms with E-state index in [4.69, 9.17) is 0 Å². The number of carbonyl (C=O) groups excluding carboxylic acids is 1. The maximum Gasteiger partial charge on any atom is 0.233 e. The summed E-state index contributed by atoms with van der Waals surface area (Å²) < 4.78 is 24.8. The van der Waals surface area contributed by atoms with Crippen LogP contribution < -0.4 is 0 Å². The molecular weight excluding hydrogens is 422 g/mol. The fraction of sp³-hybridized carbons (Fsp3) is 0.611. The van der Waals surface area contributed by atoms with Crippen LogP contribution in [0.4, 0.5) is 0 Å². The second-order valence-corrected chi connectivity index (χ2v) is 11.1. The van der Waals surface area contributed by atoms with Gasteiger partial charge in [-0.15, -0.1) is 11.8 Å². The van der Waals surface area contributed by atoms with Crippen molar-refractivity contribution in [2.75, 3.05) is 17.3 Å². The Morgan fingerprint density at radius 2 is 1.76 bits per heavy atom. The normalized spacial score (nSPS) is 23.5. The molecule has 0 radical (unpaired) electrons. The lowest BCUT2D eigenvalue weighted by Gasteiger charge is -2.38. The van der Waals surface area contributed by atoms with Crippen LogP contribution in [0.1, 0.15) is 38.5 Å². The quantitative estimate of drug-likeness (QED) is 0.644. The Bertz CT molecular complexity index is 700. The first-order chi connectivity index (χ1) is 11.9. The summed E-state index contributed by atoms with van der Waals surface area (Å²) in [6.07, 6.45) is 6.08. The SMILES string of the molecule is O=C(CSc1ccc(Br)cc1)N(C1CCCCC1)C1CCS(=O)(=O)C1. The summed E-state index contributed by atoms with van der Waals surface area (Å²) in [4.78, 5) is 16.0. The predicted molar refractivity (Wildman–Crippen MR) is 106 cm³/mol. The summed E-state index contributed by atoms with van der Waals surface area (Å²) in [6, 6.07) is 8.00. The van der Waals surface area contributed by atoms with Crippen LogP contribution in [0.5, 0.6) is 0 Å². The number of carbonyl (C=O) groups is 1. The van der Waals surface area contributed by atoms with Crippen molar-refractivity contribution in [3.8, 4) is 0 Å². The van der Waals surface area contributed by atoms with Crippen molar-refractivity contribution >= 4 is 43.4 Å². The number of sulfone groups is 1. The van der Waals surface area contributed by atoms with Gasteiger partial charge in [-0.1, -0.05) is 35.2 Å². The van der Waals surface area contributed by atoms with Gasteiger partial charge in [-0.25, -0.2) is 8.42 Å². The molecular formula is C18H24BrNO3S2. The number of hydrogen-bond donors (Lipinski definition) is 0. The van der Waals surface area contributed by atoms with Crippen LogP contribution in [-0.4, -0.2) is 48.6 Å². The van der Waals surface area contributed by atoms with Crippen molar-refractivity contribution < 1.29 is 13.2 Å². The highest BCUT2D eigenvalue weighted by Gasteiger charge is 2.38. The minimum atomic E-state index is -2.99. The van der Waals surface area contributed by atoms with Gasteiger partial charge in [0.15, 0.2) is 9.84 Å². The molecule has 0 N–H and O–H groups in total. The zero-order valence-corrected chi connectivity index (χ0v) is 17.4. The average Bonchev–Trinajstić information content (AvgIpc) is 2.95. The maximum absolute atomic E-state index is 13.0. The monoisotopic (exact) mass is 445 g/mol. The highest BCUT2D eigenvalue weighted by Crippen LogP contribution is 2.30. The maximum atomic E-state index is 13.0. The predicted octanol–water partition coefficient (Wildman–Crippen LogP) is 3.89. The van der Waals surface area contributed by atoms with Crippen molar-refractivity contribution in [2.45, 2.75) is 55.5 Å². The number of benzene rings is 1. The van der Waals surface area contributed by atoms with E-state index < -0.39 is 9.84 Å². The number of thioether (sulfide) groups is 1. The first-order valence-corrected chi connectivity index (χ1v) is 12.4. The molecule has 1 aliphatic heterocycles. The zero-order chi connectivity index (χ0) is 17.9. The van der Waals surface area contributed by atoms with Gasteiger partial charge in [0.2, 0.25) is 5.91 Å². The molecule has 0 aromatic heterocycles. The first kappa shape index (κ1) is 19.2. The van der Waals surface area contributed by atoms with E-state index in [9.17, 15) is 13.2 Å². The number of rotatable bonds is 5. The van der Waals surface area contributed by atoms with E-state index in [2.05, 4.69) is 15.9 Å². The lowest BCUT2D eigenvalue weighted by Crippen LogP contribution is -2.49. The average molecular weight is 446 g/mol. The molecule has 0 spiro atoms. The summed E-state index contributed by atoms with van der Waals surface area (Å²) in [5.41, 5.74) is 0. The van der Waals surface area contributed by atoms with Crippen LogP contribution in [0.25, 0.3) is 0 Å². The van der Waals surface area contributed by atoms with Gasteiger partial charge in [0.05, 0.1) is 17.3 Å². The van der Waals surface area contributed by atoms with Gasteiger partial charge >= 0.3 is 0 Å². The summed E-state index contributed by atoms with van der Waals surface area (Å²) in [7, 11) is -2.99. The molecule has 138 valence electrons. The summed E-state index contributed by atoms with van der Waals surface area (Å²) >= 11 is 4.94. The van der Waals surface area contributed by atoms with Crippen molar-refractivity contribution in [1.82, 2.24) is 4.90 Å². The molecule has 2 aliphatic rings. The number of amides is 1. The molecule has 7 heteroatoms. The summed E-state index contributed by atoms with van der Waals surface area (Å²) in [5, 5.41) is 0. The Labute approximate surface area is 162 Å². The van der Waals surface area contributed by atoms with Gasteiger partial charge in [0, 0.05) is 21.5 Å². The highest BCUT2D eigenvalue weighted by atomic mass is 79.9. The number of hydrogen-bond acceptors (Lipinski definition) is 4. The molecule has 1 saturated carbocycles. The van der Waals surface area contributed by atoms with Gasteiger partial charge in [0.25, 0.3) is 0 Å². The van der Waals surface area contributed by atoms with Crippen LogP contribution in [0.3, 0.4) is 0 Å². The van der Waals surface area contributed by atoms with E-state index in [1.807, 2.05) is 29.2 Å². The van der Waals surface area contributed by atoms with Crippen LogP contribution >= 0.6 is 27.7 Å². The Hall–Kier alpha value is -0.530. The lowest BCUT2D eigenvalue weighted by atomic mass is 9.93. The fourth-order valence-electron chi connectivity index (χ4n) is 3.81. The van der Waals surface area contributed by atoms with Crippen molar-refractivity contribution in [2.24, 2.45) is 0 Å². The topological polar surface area (TPSA) is 54.5 Å². The van der Waals surface area contributed by atoms with Gasteiger partial charge in [-0.2, -0.15) is 0 Å². The van der Waals surface area contributed by atoms with Crippen LogP contribution in [-0.2, 0) is 14.6 Å². The van der Waals surface area contributed by atoms with Crippen molar-refractivity contribution in [3.05, 3.63) is 28.7 Å². The van der Waals surface area contributed by atoms with E-state index in [0.29, 0.717) is 12.2 Å². The van der Waals surface area contributed by atoms with E-state index >= 15 is 0 Å². The Balaban J connectivity index is 1.69. The molecule has 1 heterocycles. The third kappa shape index (κ3) is 5.23. The van der Waals surface area contributed by atoms with E-state index in [1.165, 1.54) is 18.2 Å². The molecule has 1 aliphatic carbocycles. The minimum Gasteiger partial charge on any atom is -0.335 e. The molecule has 2 fully saturated rings. The largest absolute Gasteiger partial charge is 0.335 e. The standard InChI is InChI=1S/C18H24BrNO3S2/c19-14-6-8-17(9-7-14)24-12-18(21)20(15-4-2-1-3-5-15)16-10-11-25(22,23)13-16/h6-9,15-16H,1-5,10-13H2. The van der Waals surface area contributed by atoms with Gasteiger partial charge in [-0.3, -0.25) is 4.79 Å². The first-order valence-electron chi connectivity index (χ1n) is 8.84. The Morgan fingerprint density at radius 3 is 2.36 bits per heavy atom. The smallest absolute Gasteiger partial charge is 0.233 e. The van der Waals surface area contributed by atoms with Gasteiger partial charge < -0.3 is 4.90 Å². The fourth-order valence-corrected chi connectivity index (χ4v) is 6.55. The molecule has 1 unspecified atom stereocenters. The summed E-state index contributed by atoms with van der Waals surface area (Å²) in [6.45, 7) is 0. The zero-order valence-electron chi connectivity index (χ0n) is 14.2. The molecule has 1 aromatic carbocycles. The van der Waals surface area contributed by atoms with Crippen molar-refractivity contribution in [1.29, 1.82) is 0 Å². The van der Waals surface area contributed by atoms with Gasteiger partial charge in [0.1, 0.15) is 0 Å². The second-order valence-electron chi connectivity index (χ2n) is 6.89. The molecule has 4 nitrogen and oxygen atoms in total. The second kappa shape index (κ2) is 8.44. The molecule has 1 saturated heterocycles. The Kier molecular flexibility index (Phi) is 6.49. The van der Waals surface area contributed by atoms with Crippen LogP contribution in [0.2, 0.25) is 0 Å². The summed E-state index contributed by atoms with van der Waals surface area (Å²) in [5.74, 6) is 0.808. The Morgan fingerprint density at radius 1 is 1.08 bits per heavy atom. The van der Waals surface area contributed by atoms with Gasteiger partial charge in [-0.05, 0) is 43.5 Å². The molecule has 1 amide bonds. The molecule has 3 rings (SSSR count). The highest BCUT2D eigenvalue weighted by molar-refractivity contribution is 9.10. The molecule has 1 aromatic rings. The third-order valence-corrected chi connectivity index (χ3v) is 8.31. The lowest BCUT2D eigenvalue weighted by molar-refractivity contribution is -0.133. The van der Waals surface area contributed by atoms with Crippen LogP contribution in [0, 0.1) is 0 Å². The molecule has 0 bridgehead atoms. The van der Waals surface area contributed by atoms with E-state index in [1.54, 1.807) is 0 Å². The van der Waals surface area contributed by atoms with E-state index in [0.717, 1.165) is 35.1 Å². The third-order valence-electron chi connectivity index (χ3n) is 5.03. The minimum absolute atomic E-state index is 0.0851.